The highest BCUT2D eigenvalue weighted by molar-refractivity contribution is 6.01. The van der Waals surface area contributed by atoms with Crippen LogP contribution in [0.5, 0.6) is 0 Å². The Morgan fingerprint density at radius 3 is 2.84 bits per heavy atom. The molecule has 1 aliphatic carbocycles. The normalized spacial score (nSPS) is 20.3. The summed E-state index contributed by atoms with van der Waals surface area (Å²) < 4.78 is 0. The Morgan fingerprint density at radius 1 is 1.32 bits per heavy atom. The Hall–Kier alpha value is -2.57. The van der Waals surface area contributed by atoms with E-state index in [0.29, 0.717) is 19.1 Å². The van der Waals surface area contributed by atoms with E-state index in [0.717, 1.165) is 31.8 Å². The fourth-order valence-corrected chi connectivity index (χ4v) is 3.28. The number of carbonyl (C=O) groups excluding carboxylic acids is 2. The van der Waals surface area contributed by atoms with Gasteiger partial charge < -0.3 is 16.0 Å². The van der Waals surface area contributed by atoms with Crippen molar-refractivity contribution in [3.8, 4) is 0 Å². The first kappa shape index (κ1) is 17.3. The third-order valence-electron chi connectivity index (χ3n) is 4.56. The van der Waals surface area contributed by atoms with Crippen LogP contribution >= 0.6 is 0 Å². The zero-order valence-corrected chi connectivity index (χ0v) is 14.5. The van der Waals surface area contributed by atoms with Gasteiger partial charge in [-0.1, -0.05) is 24.3 Å². The highest BCUT2D eigenvalue weighted by Gasteiger charge is 2.27. The number of guanidine groups is 1. The lowest BCUT2D eigenvalue weighted by molar-refractivity contribution is -0.124. The maximum Gasteiger partial charge on any atom is 0.324 e. The maximum atomic E-state index is 11.6. The van der Waals surface area contributed by atoms with E-state index >= 15 is 0 Å². The molecule has 1 saturated heterocycles. The van der Waals surface area contributed by atoms with Crippen LogP contribution in [-0.2, 0) is 17.6 Å². The highest BCUT2D eigenvalue weighted by Crippen LogP contribution is 2.20. The van der Waals surface area contributed by atoms with Crippen molar-refractivity contribution in [1.29, 1.82) is 0 Å². The van der Waals surface area contributed by atoms with E-state index in [9.17, 15) is 9.59 Å². The fraction of sp³-hybridized carbons (Fsp3) is 0.500. The number of carbonyl (C=O) groups is 2. The van der Waals surface area contributed by atoms with E-state index in [1.165, 1.54) is 16.0 Å². The van der Waals surface area contributed by atoms with Gasteiger partial charge in [0.1, 0.15) is 0 Å². The van der Waals surface area contributed by atoms with Crippen LogP contribution in [0.3, 0.4) is 0 Å². The SMILES string of the molecule is CCNC(=NCCN1C(=O)CNC1=O)NC1CCc2ccccc2C1. The molecule has 3 rings (SSSR count). The second kappa shape index (κ2) is 8.00. The molecule has 7 heteroatoms. The summed E-state index contributed by atoms with van der Waals surface area (Å²) in [5.41, 5.74) is 2.82. The molecule has 3 amide bonds. The van der Waals surface area contributed by atoms with Gasteiger partial charge in [-0.2, -0.15) is 0 Å². The monoisotopic (exact) mass is 343 g/mol. The molecule has 1 aromatic rings. The molecule has 25 heavy (non-hydrogen) atoms. The minimum atomic E-state index is -0.331. The van der Waals surface area contributed by atoms with Crippen molar-refractivity contribution in [2.75, 3.05) is 26.2 Å². The zero-order chi connectivity index (χ0) is 17.6. The lowest BCUT2D eigenvalue weighted by atomic mass is 9.88. The highest BCUT2D eigenvalue weighted by atomic mass is 16.2. The first-order valence-electron chi connectivity index (χ1n) is 8.87. The van der Waals surface area contributed by atoms with Gasteiger partial charge in [0.05, 0.1) is 19.6 Å². The number of hydrogen-bond donors (Lipinski definition) is 3. The Kier molecular flexibility index (Phi) is 5.53. The van der Waals surface area contributed by atoms with Crippen molar-refractivity contribution in [3.05, 3.63) is 35.4 Å². The maximum absolute atomic E-state index is 11.6. The van der Waals surface area contributed by atoms with Gasteiger partial charge in [0.15, 0.2) is 5.96 Å². The second-order valence-electron chi connectivity index (χ2n) is 6.32. The Balaban J connectivity index is 1.56. The number of benzene rings is 1. The van der Waals surface area contributed by atoms with Crippen LogP contribution in [0.25, 0.3) is 0 Å². The first-order valence-corrected chi connectivity index (χ1v) is 8.87. The standard InChI is InChI=1S/C18H25N5O2/c1-2-19-17(20-9-10-23-16(24)12-21-18(23)25)22-15-8-7-13-5-3-4-6-14(13)11-15/h3-6,15H,2,7-12H2,1H3,(H,21,25)(H2,19,20,22). The molecule has 1 aliphatic heterocycles. The van der Waals surface area contributed by atoms with Gasteiger partial charge >= 0.3 is 6.03 Å². The van der Waals surface area contributed by atoms with Crippen molar-refractivity contribution in [1.82, 2.24) is 20.9 Å². The molecule has 1 unspecified atom stereocenters. The van der Waals surface area contributed by atoms with Crippen molar-refractivity contribution >= 4 is 17.9 Å². The molecule has 1 fully saturated rings. The topological polar surface area (TPSA) is 85.8 Å². The molecule has 2 aliphatic rings. The van der Waals surface area contributed by atoms with Crippen molar-refractivity contribution in [2.45, 2.75) is 32.2 Å². The lowest BCUT2D eigenvalue weighted by Gasteiger charge is -2.27. The molecule has 0 radical (unpaired) electrons. The van der Waals surface area contributed by atoms with Gasteiger partial charge in [-0.25, -0.2) is 4.79 Å². The summed E-state index contributed by atoms with van der Waals surface area (Å²) >= 11 is 0. The van der Waals surface area contributed by atoms with Crippen LogP contribution in [0.1, 0.15) is 24.5 Å². The van der Waals surface area contributed by atoms with Crippen LogP contribution < -0.4 is 16.0 Å². The van der Waals surface area contributed by atoms with E-state index < -0.39 is 0 Å². The second-order valence-corrected chi connectivity index (χ2v) is 6.32. The Morgan fingerprint density at radius 2 is 2.12 bits per heavy atom. The van der Waals surface area contributed by atoms with Crippen LogP contribution in [0.4, 0.5) is 4.79 Å². The van der Waals surface area contributed by atoms with Gasteiger partial charge in [0.2, 0.25) is 5.91 Å². The Bertz CT molecular complexity index is 657. The van der Waals surface area contributed by atoms with Gasteiger partial charge in [0, 0.05) is 12.6 Å². The largest absolute Gasteiger partial charge is 0.357 e. The van der Waals surface area contributed by atoms with Gasteiger partial charge in [-0.3, -0.25) is 14.7 Å². The fourth-order valence-electron chi connectivity index (χ4n) is 3.28. The average Bonchev–Trinajstić information content (AvgIpc) is 2.94. The van der Waals surface area contributed by atoms with Crippen molar-refractivity contribution < 1.29 is 9.59 Å². The van der Waals surface area contributed by atoms with Gasteiger partial charge in [0.25, 0.3) is 0 Å². The van der Waals surface area contributed by atoms with Gasteiger partial charge in [-0.15, -0.1) is 0 Å². The molecular weight excluding hydrogens is 318 g/mol. The van der Waals surface area contributed by atoms with E-state index in [-0.39, 0.29) is 18.5 Å². The van der Waals surface area contributed by atoms with Crippen LogP contribution in [0.15, 0.2) is 29.3 Å². The molecule has 1 heterocycles. The molecule has 0 bridgehead atoms. The number of nitrogens with zero attached hydrogens (tertiary/aromatic N) is 2. The van der Waals surface area contributed by atoms with E-state index in [4.69, 9.17) is 0 Å². The van der Waals surface area contributed by atoms with Gasteiger partial charge in [-0.05, 0) is 37.3 Å². The number of rotatable bonds is 5. The summed E-state index contributed by atoms with van der Waals surface area (Å²) in [7, 11) is 0. The lowest BCUT2D eigenvalue weighted by Crippen LogP contribution is -2.46. The third-order valence-corrected chi connectivity index (χ3v) is 4.56. The molecule has 1 aromatic carbocycles. The smallest absolute Gasteiger partial charge is 0.324 e. The molecular formula is C18H25N5O2. The number of fused-ring (bicyclic) bond motifs is 1. The number of hydrogen-bond acceptors (Lipinski definition) is 3. The van der Waals surface area contributed by atoms with Crippen LogP contribution in [0, 0.1) is 0 Å². The Labute approximate surface area is 147 Å². The average molecular weight is 343 g/mol. The molecule has 134 valence electrons. The zero-order valence-electron chi connectivity index (χ0n) is 14.5. The minimum Gasteiger partial charge on any atom is -0.357 e. The van der Waals surface area contributed by atoms with E-state index in [1.807, 2.05) is 6.92 Å². The third kappa shape index (κ3) is 4.29. The molecule has 0 aromatic heterocycles. The summed E-state index contributed by atoms with van der Waals surface area (Å²) in [5.74, 6) is 0.543. The van der Waals surface area contributed by atoms with Crippen LogP contribution in [-0.4, -0.2) is 55.0 Å². The molecule has 0 spiro atoms. The van der Waals surface area contributed by atoms with E-state index in [2.05, 4.69) is 45.2 Å². The number of aliphatic imine (C=N–C) groups is 1. The van der Waals surface area contributed by atoms with Crippen molar-refractivity contribution in [3.63, 3.8) is 0 Å². The van der Waals surface area contributed by atoms with Crippen LogP contribution in [0.2, 0.25) is 0 Å². The number of amides is 3. The summed E-state index contributed by atoms with van der Waals surface area (Å²) in [6.07, 6.45) is 3.11. The number of aryl methyl sites for hydroxylation is 1. The molecule has 1 atom stereocenters. The predicted octanol–water partition coefficient (Wildman–Crippen LogP) is 0.651. The van der Waals surface area contributed by atoms with Crippen molar-refractivity contribution in [2.24, 2.45) is 4.99 Å². The van der Waals surface area contributed by atoms with E-state index in [1.54, 1.807) is 0 Å². The minimum absolute atomic E-state index is 0.0857. The molecule has 7 nitrogen and oxygen atoms in total. The molecule has 3 N–H and O–H groups in total. The first-order chi connectivity index (χ1) is 12.2. The summed E-state index contributed by atoms with van der Waals surface area (Å²) in [6.45, 7) is 3.55. The quantitative estimate of drug-likeness (QED) is 0.416. The molecule has 0 saturated carbocycles. The number of imide groups is 1. The number of urea groups is 1. The summed E-state index contributed by atoms with van der Waals surface area (Å²) in [4.78, 5) is 28.8. The number of nitrogens with one attached hydrogen (secondary N) is 3. The predicted molar refractivity (Wildman–Crippen MR) is 96.5 cm³/mol. The summed E-state index contributed by atoms with van der Waals surface area (Å²) in [5, 5.41) is 9.23. The summed E-state index contributed by atoms with van der Waals surface area (Å²) in [6, 6.07) is 8.56.